The molecule has 0 radical (unpaired) electrons. The maximum atomic E-state index is 13.1. The quantitative estimate of drug-likeness (QED) is 0.717. The van der Waals surface area contributed by atoms with Gasteiger partial charge in [-0.1, -0.05) is 17.7 Å². The lowest BCUT2D eigenvalue weighted by atomic mass is 10.3. The average Bonchev–Trinajstić information content (AvgIpc) is 3.12. The monoisotopic (exact) mass is 386 g/mol. The normalized spacial score (nSPS) is 11.6. The van der Waals surface area contributed by atoms with Crippen molar-refractivity contribution < 1.29 is 18.0 Å². The molecule has 0 aliphatic carbocycles. The molecule has 0 atom stereocenters. The number of amides is 1. The molecule has 25 heavy (non-hydrogen) atoms. The predicted molar refractivity (Wildman–Crippen MR) is 88.4 cm³/mol. The van der Waals surface area contributed by atoms with Crippen molar-refractivity contribution in [3.8, 4) is 5.13 Å². The highest BCUT2D eigenvalue weighted by atomic mass is 35.5. The van der Waals surface area contributed by atoms with Gasteiger partial charge in [-0.05, 0) is 25.1 Å². The summed E-state index contributed by atoms with van der Waals surface area (Å²) >= 11 is 6.73. The van der Waals surface area contributed by atoms with E-state index in [0.717, 1.165) is 17.5 Å². The topological polar surface area (TPSA) is 59.8 Å². The van der Waals surface area contributed by atoms with Crippen molar-refractivity contribution in [2.24, 2.45) is 0 Å². The average molecular weight is 387 g/mol. The van der Waals surface area contributed by atoms with E-state index >= 15 is 0 Å². The van der Waals surface area contributed by atoms with Crippen molar-refractivity contribution in [1.29, 1.82) is 0 Å². The number of thiazole rings is 1. The molecule has 5 nitrogen and oxygen atoms in total. The van der Waals surface area contributed by atoms with Crippen LogP contribution in [0, 0.1) is 6.92 Å². The lowest BCUT2D eigenvalue weighted by Crippen LogP contribution is -2.15. The van der Waals surface area contributed by atoms with Crippen molar-refractivity contribution in [3.63, 3.8) is 0 Å². The number of benzene rings is 1. The van der Waals surface area contributed by atoms with Crippen molar-refractivity contribution in [2.75, 3.05) is 5.32 Å². The van der Waals surface area contributed by atoms with E-state index in [-0.39, 0.29) is 16.4 Å². The fraction of sp³-hybridized carbons (Fsp3) is 0.133. The highest BCUT2D eigenvalue weighted by molar-refractivity contribution is 7.12. The Morgan fingerprint density at radius 1 is 1.36 bits per heavy atom. The summed E-state index contributed by atoms with van der Waals surface area (Å²) in [5.74, 6) is -0.554. The first-order valence-corrected chi connectivity index (χ1v) is 8.16. The summed E-state index contributed by atoms with van der Waals surface area (Å²) in [5, 5.41) is 8.06. The first kappa shape index (κ1) is 17.4. The molecule has 3 rings (SSSR count). The van der Waals surface area contributed by atoms with Crippen LogP contribution in [0.4, 0.5) is 18.9 Å². The van der Waals surface area contributed by atoms with Gasteiger partial charge in [-0.15, -0.1) is 11.3 Å². The molecular formula is C15H10ClF3N4OS. The van der Waals surface area contributed by atoms with E-state index in [1.54, 1.807) is 24.3 Å². The van der Waals surface area contributed by atoms with Crippen LogP contribution in [-0.4, -0.2) is 20.7 Å². The Labute approximate surface area is 149 Å². The van der Waals surface area contributed by atoms with Crippen molar-refractivity contribution in [2.45, 2.75) is 13.1 Å². The molecule has 0 aliphatic heterocycles. The molecule has 130 valence electrons. The highest BCUT2D eigenvalue weighted by Gasteiger charge is 2.38. The van der Waals surface area contributed by atoms with Gasteiger partial charge in [0, 0.05) is 21.7 Å². The van der Waals surface area contributed by atoms with Crippen molar-refractivity contribution in [1.82, 2.24) is 14.8 Å². The molecule has 10 heteroatoms. The van der Waals surface area contributed by atoms with Gasteiger partial charge in [0.2, 0.25) is 5.13 Å². The molecule has 0 spiro atoms. The van der Waals surface area contributed by atoms with Gasteiger partial charge in [0.1, 0.15) is 5.69 Å². The standard InChI is InChI=1S/C15H10ClF3N4OS/c1-8-6-20-23(12(8)15(17,18)19)14-22-11(7-25-14)13(24)21-10-4-2-3-9(16)5-10/h2-7H,1H3,(H,21,24). The molecule has 0 saturated carbocycles. The number of aryl methyl sites for hydroxylation is 1. The van der Waals surface area contributed by atoms with E-state index < -0.39 is 17.8 Å². The molecule has 1 amide bonds. The second kappa shape index (κ2) is 6.49. The van der Waals surface area contributed by atoms with Gasteiger partial charge in [-0.25, -0.2) is 9.67 Å². The molecule has 0 saturated heterocycles. The zero-order valence-electron chi connectivity index (χ0n) is 12.6. The third-order valence-electron chi connectivity index (χ3n) is 3.21. The Morgan fingerprint density at radius 3 is 2.80 bits per heavy atom. The molecule has 0 aliphatic rings. The minimum Gasteiger partial charge on any atom is -0.321 e. The summed E-state index contributed by atoms with van der Waals surface area (Å²) in [7, 11) is 0. The molecule has 2 aromatic heterocycles. The van der Waals surface area contributed by atoms with Gasteiger partial charge in [-0.2, -0.15) is 18.3 Å². The van der Waals surface area contributed by atoms with E-state index in [4.69, 9.17) is 11.6 Å². The Morgan fingerprint density at radius 2 is 2.12 bits per heavy atom. The van der Waals surface area contributed by atoms with Crippen molar-refractivity contribution in [3.05, 3.63) is 57.8 Å². The van der Waals surface area contributed by atoms with Crippen LogP contribution < -0.4 is 5.32 Å². The Balaban J connectivity index is 1.87. The van der Waals surface area contributed by atoms with Crippen LogP contribution in [0.2, 0.25) is 5.02 Å². The number of halogens is 4. The molecule has 2 heterocycles. The number of hydrogen-bond acceptors (Lipinski definition) is 4. The molecule has 3 aromatic rings. The van der Waals surface area contributed by atoms with Gasteiger partial charge in [0.05, 0.1) is 6.20 Å². The van der Waals surface area contributed by atoms with E-state index in [1.165, 1.54) is 12.3 Å². The molecule has 0 fully saturated rings. The fourth-order valence-electron chi connectivity index (χ4n) is 2.15. The number of nitrogens with one attached hydrogen (secondary N) is 1. The lowest BCUT2D eigenvalue weighted by molar-refractivity contribution is -0.143. The van der Waals surface area contributed by atoms with E-state index in [9.17, 15) is 18.0 Å². The summed E-state index contributed by atoms with van der Waals surface area (Å²) in [6, 6.07) is 6.49. The third-order valence-corrected chi connectivity index (χ3v) is 4.26. The van der Waals surface area contributed by atoms with Gasteiger partial charge in [0.25, 0.3) is 5.91 Å². The maximum Gasteiger partial charge on any atom is 0.433 e. The molecule has 1 N–H and O–H groups in total. The number of aromatic nitrogens is 3. The van der Waals surface area contributed by atoms with Gasteiger partial charge < -0.3 is 5.32 Å². The smallest absolute Gasteiger partial charge is 0.321 e. The summed E-state index contributed by atoms with van der Waals surface area (Å²) in [6.07, 6.45) is -3.47. The first-order valence-electron chi connectivity index (χ1n) is 6.90. The second-order valence-corrected chi connectivity index (χ2v) is 6.34. The number of rotatable bonds is 3. The molecule has 0 bridgehead atoms. The van der Waals surface area contributed by atoms with Crippen LogP contribution in [0.3, 0.4) is 0 Å². The van der Waals surface area contributed by atoms with Gasteiger partial charge >= 0.3 is 6.18 Å². The number of nitrogens with zero attached hydrogens (tertiary/aromatic N) is 3. The molecular weight excluding hydrogens is 377 g/mol. The van der Waals surface area contributed by atoms with Crippen LogP contribution in [0.1, 0.15) is 21.7 Å². The molecule has 0 unspecified atom stereocenters. The number of carbonyl (C=O) groups is 1. The Bertz CT molecular complexity index is 935. The van der Waals surface area contributed by atoms with Gasteiger partial charge in [0.15, 0.2) is 5.69 Å². The number of anilines is 1. The summed E-state index contributed by atoms with van der Waals surface area (Å²) in [6.45, 7) is 1.31. The molecule has 1 aromatic carbocycles. The lowest BCUT2D eigenvalue weighted by Gasteiger charge is -2.09. The van der Waals surface area contributed by atoms with Crippen LogP contribution in [0.25, 0.3) is 5.13 Å². The third kappa shape index (κ3) is 3.67. The van der Waals surface area contributed by atoms with Crippen LogP contribution in [0.5, 0.6) is 0 Å². The van der Waals surface area contributed by atoms with Crippen LogP contribution in [-0.2, 0) is 6.18 Å². The first-order chi connectivity index (χ1) is 11.8. The van der Waals surface area contributed by atoms with Crippen LogP contribution in [0.15, 0.2) is 35.8 Å². The largest absolute Gasteiger partial charge is 0.433 e. The zero-order chi connectivity index (χ0) is 18.2. The minimum absolute atomic E-state index is 0.0127. The second-order valence-electron chi connectivity index (χ2n) is 5.07. The van der Waals surface area contributed by atoms with E-state index in [1.807, 2.05) is 0 Å². The van der Waals surface area contributed by atoms with Gasteiger partial charge in [-0.3, -0.25) is 4.79 Å². The van der Waals surface area contributed by atoms with Crippen LogP contribution >= 0.6 is 22.9 Å². The fourth-order valence-corrected chi connectivity index (χ4v) is 3.10. The minimum atomic E-state index is -4.57. The predicted octanol–water partition coefficient (Wildman–Crippen LogP) is 4.56. The van der Waals surface area contributed by atoms with E-state index in [2.05, 4.69) is 15.4 Å². The zero-order valence-corrected chi connectivity index (χ0v) is 14.2. The number of alkyl halides is 3. The van der Waals surface area contributed by atoms with Crippen molar-refractivity contribution >= 4 is 34.5 Å². The van der Waals surface area contributed by atoms with E-state index in [0.29, 0.717) is 15.4 Å². The number of carbonyl (C=O) groups excluding carboxylic acids is 1. The highest BCUT2D eigenvalue weighted by Crippen LogP contribution is 2.33. The summed E-state index contributed by atoms with van der Waals surface area (Å²) in [5.41, 5.74) is -0.490. The summed E-state index contributed by atoms with van der Waals surface area (Å²) < 4.78 is 40.1. The SMILES string of the molecule is Cc1cnn(-c2nc(C(=O)Nc3cccc(Cl)c3)cs2)c1C(F)(F)F. The maximum absolute atomic E-state index is 13.1. The Kier molecular flexibility index (Phi) is 4.53. The number of hydrogen-bond donors (Lipinski definition) is 1. The Hall–Kier alpha value is -2.39. The summed E-state index contributed by atoms with van der Waals surface area (Å²) in [4.78, 5) is 16.2.